The molecule has 2 heterocycles. The standard InChI is InChI=1S/C21H17F2N3O3S/c22-17-7-18(23)9-20(8-17)30(28,29)19-3-1-14(2-4-19)10-25-21(27)26-12-15-5-6-24-11-16(15)13-26/h1-9,11H,10,12-13H2,(H,25,27). The molecular weight excluding hydrogens is 412 g/mol. The molecule has 0 unspecified atom stereocenters. The van der Waals surface area contributed by atoms with Crippen LogP contribution in [-0.2, 0) is 29.5 Å². The molecule has 1 N–H and O–H groups in total. The number of urea groups is 1. The fourth-order valence-corrected chi connectivity index (χ4v) is 4.56. The first kappa shape index (κ1) is 20.0. The van der Waals surface area contributed by atoms with E-state index in [4.69, 9.17) is 0 Å². The molecule has 0 bridgehead atoms. The van der Waals surface area contributed by atoms with Crippen molar-refractivity contribution in [3.8, 4) is 0 Å². The molecule has 2 amide bonds. The SMILES string of the molecule is O=C(NCc1ccc(S(=O)(=O)c2cc(F)cc(F)c2)cc1)N1Cc2ccncc2C1. The molecule has 4 rings (SSSR count). The minimum atomic E-state index is -4.06. The van der Waals surface area contributed by atoms with E-state index >= 15 is 0 Å². The fraction of sp³-hybridized carbons (Fsp3) is 0.143. The summed E-state index contributed by atoms with van der Waals surface area (Å²) in [6.45, 7) is 1.19. The van der Waals surface area contributed by atoms with E-state index in [0.717, 1.165) is 23.3 Å². The summed E-state index contributed by atoms with van der Waals surface area (Å²) in [4.78, 5) is 17.6. The van der Waals surface area contributed by atoms with Crippen LogP contribution in [0.15, 0.2) is 70.7 Å². The van der Waals surface area contributed by atoms with Crippen molar-refractivity contribution in [1.29, 1.82) is 0 Å². The molecule has 0 aliphatic carbocycles. The van der Waals surface area contributed by atoms with Crippen molar-refractivity contribution in [2.75, 3.05) is 0 Å². The summed E-state index contributed by atoms with van der Waals surface area (Å²) in [6.07, 6.45) is 3.43. The Kier molecular flexibility index (Phi) is 5.21. The van der Waals surface area contributed by atoms with Crippen LogP contribution in [0.3, 0.4) is 0 Å². The van der Waals surface area contributed by atoms with Crippen molar-refractivity contribution in [1.82, 2.24) is 15.2 Å². The summed E-state index contributed by atoms with van der Waals surface area (Å²) in [5.74, 6) is -1.93. The Hall–Kier alpha value is -3.33. The van der Waals surface area contributed by atoms with Crippen LogP contribution in [0.2, 0.25) is 0 Å². The molecule has 0 saturated heterocycles. The predicted octanol–water partition coefficient (Wildman–Crippen LogP) is 3.42. The van der Waals surface area contributed by atoms with Gasteiger partial charge < -0.3 is 10.2 Å². The number of rotatable bonds is 4. The molecule has 0 atom stereocenters. The number of hydrogen-bond donors (Lipinski definition) is 1. The number of halogens is 2. The number of benzene rings is 2. The van der Waals surface area contributed by atoms with E-state index in [-0.39, 0.29) is 17.5 Å². The summed E-state index contributed by atoms with van der Waals surface area (Å²) in [5.41, 5.74) is 2.76. The topological polar surface area (TPSA) is 79.4 Å². The van der Waals surface area contributed by atoms with Crippen molar-refractivity contribution < 1.29 is 22.0 Å². The van der Waals surface area contributed by atoms with Gasteiger partial charge in [-0.25, -0.2) is 22.0 Å². The van der Waals surface area contributed by atoms with Gasteiger partial charge in [-0.1, -0.05) is 12.1 Å². The molecule has 6 nitrogen and oxygen atoms in total. The Morgan fingerprint density at radius 3 is 2.30 bits per heavy atom. The number of hydrogen-bond acceptors (Lipinski definition) is 4. The highest BCUT2D eigenvalue weighted by molar-refractivity contribution is 7.91. The zero-order chi connectivity index (χ0) is 21.3. The summed E-state index contributed by atoms with van der Waals surface area (Å²) in [6, 6.07) is 9.59. The van der Waals surface area contributed by atoms with Crippen molar-refractivity contribution in [2.45, 2.75) is 29.4 Å². The maximum absolute atomic E-state index is 13.4. The van der Waals surface area contributed by atoms with Crippen LogP contribution in [0.4, 0.5) is 13.6 Å². The number of nitrogens with zero attached hydrogens (tertiary/aromatic N) is 2. The van der Waals surface area contributed by atoms with E-state index < -0.39 is 26.4 Å². The first-order valence-electron chi connectivity index (χ1n) is 9.07. The van der Waals surface area contributed by atoms with Crippen LogP contribution >= 0.6 is 0 Å². The van der Waals surface area contributed by atoms with Gasteiger partial charge in [-0.3, -0.25) is 4.98 Å². The van der Waals surface area contributed by atoms with Crippen LogP contribution in [0.5, 0.6) is 0 Å². The monoisotopic (exact) mass is 429 g/mol. The fourth-order valence-electron chi connectivity index (χ4n) is 3.26. The van der Waals surface area contributed by atoms with Gasteiger partial charge in [-0.15, -0.1) is 0 Å². The first-order valence-corrected chi connectivity index (χ1v) is 10.6. The average Bonchev–Trinajstić information content (AvgIpc) is 3.16. The third-order valence-electron chi connectivity index (χ3n) is 4.84. The number of sulfone groups is 1. The number of carbonyl (C=O) groups is 1. The molecular formula is C21H17F2N3O3S. The van der Waals surface area contributed by atoms with Crippen LogP contribution < -0.4 is 5.32 Å². The van der Waals surface area contributed by atoms with Crippen molar-refractivity contribution in [2.24, 2.45) is 0 Å². The van der Waals surface area contributed by atoms with Gasteiger partial charge in [-0.05, 0) is 47.0 Å². The number of carbonyl (C=O) groups excluding carboxylic acids is 1. The minimum absolute atomic E-state index is 0.0925. The molecule has 1 aromatic heterocycles. The Balaban J connectivity index is 1.41. The third kappa shape index (κ3) is 4.02. The second-order valence-corrected chi connectivity index (χ2v) is 8.86. The zero-order valence-corrected chi connectivity index (χ0v) is 16.5. The zero-order valence-electron chi connectivity index (χ0n) is 15.7. The number of amides is 2. The maximum atomic E-state index is 13.4. The second kappa shape index (κ2) is 7.83. The smallest absolute Gasteiger partial charge is 0.318 e. The van der Waals surface area contributed by atoms with Gasteiger partial charge >= 0.3 is 6.03 Å². The lowest BCUT2D eigenvalue weighted by atomic mass is 10.2. The predicted molar refractivity (Wildman–Crippen MR) is 104 cm³/mol. The molecule has 3 aromatic rings. The largest absolute Gasteiger partial charge is 0.334 e. The Bertz CT molecular complexity index is 1170. The molecule has 30 heavy (non-hydrogen) atoms. The number of aromatic nitrogens is 1. The van der Waals surface area contributed by atoms with Crippen molar-refractivity contribution in [3.63, 3.8) is 0 Å². The van der Waals surface area contributed by atoms with E-state index in [1.807, 2.05) is 6.07 Å². The molecule has 0 saturated carbocycles. The van der Waals surface area contributed by atoms with Gasteiger partial charge in [0.05, 0.1) is 9.79 Å². The highest BCUT2D eigenvalue weighted by atomic mass is 32.2. The van der Waals surface area contributed by atoms with Gasteiger partial charge in [0.2, 0.25) is 9.84 Å². The van der Waals surface area contributed by atoms with E-state index in [2.05, 4.69) is 10.3 Å². The molecule has 0 fully saturated rings. The molecule has 1 aliphatic rings. The van der Waals surface area contributed by atoms with Gasteiger partial charge in [0, 0.05) is 38.1 Å². The van der Waals surface area contributed by atoms with Gasteiger partial charge in [0.1, 0.15) is 11.6 Å². The number of pyridine rings is 1. The quantitative estimate of drug-likeness (QED) is 0.689. The second-order valence-electron chi connectivity index (χ2n) is 6.91. The normalized spacial score (nSPS) is 13.2. The summed E-state index contributed by atoms with van der Waals surface area (Å²) < 4.78 is 51.9. The lowest BCUT2D eigenvalue weighted by Crippen LogP contribution is -2.35. The first-order chi connectivity index (χ1) is 14.3. The van der Waals surface area contributed by atoms with E-state index in [0.29, 0.717) is 24.7 Å². The highest BCUT2D eigenvalue weighted by Crippen LogP contribution is 2.23. The summed E-state index contributed by atoms with van der Waals surface area (Å²) in [5, 5.41) is 2.80. The Labute approximate surface area is 172 Å². The summed E-state index contributed by atoms with van der Waals surface area (Å²) in [7, 11) is -4.06. The van der Waals surface area contributed by atoms with Gasteiger partial charge in [-0.2, -0.15) is 0 Å². The molecule has 2 aromatic carbocycles. The lowest BCUT2D eigenvalue weighted by molar-refractivity contribution is 0.198. The maximum Gasteiger partial charge on any atom is 0.318 e. The van der Waals surface area contributed by atoms with E-state index in [9.17, 15) is 22.0 Å². The van der Waals surface area contributed by atoms with E-state index in [1.165, 1.54) is 12.1 Å². The minimum Gasteiger partial charge on any atom is -0.334 e. The van der Waals surface area contributed by atoms with Crippen LogP contribution in [0, 0.1) is 11.6 Å². The molecule has 1 aliphatic heterocycles. The summed E-state index contributed by atoms with van der Waals surface area (Å²) >= 11 is 0. The average molecular weight is 429 g/mol. The van der Waals surface area contributed by atoms with Crippen LogP contribution in [0.25, 0.3) is 0 Å². The Morgan fingerprint density at radius 1 is 0.967 bits per heavy atom. The molecule has 9 heteroatoms. The van der Waals surface area contributed by atoms with Crippen LogP contribution in [-0.4, -0.2) is 24.3 Å². The highest BCUT2D eigenvalue weighted by Gasteiger charge is 2.23. The number of nitrogens with one attached hydrogen (secondary N) is 1. The van der Waals surface area contributed by atoms with Gasteiger partial charge in [0.15, 0.2) is 0 Å². The molecule has 0 spiro atoms. The number of fused-ring (bicyclic) bond motifs is 1. The van der Waals surface area contributed by atoms with Gasteiger partial charge in [0.25, 0.3) is 0 Å². The van der Waals surface area contributed by atoms with E-state index in [1.54, 1.807) is 29.4 Å². The molecule has 0 radical (unpaired) electrons. The van der Waals surface area contributed by atoms with Crippen molar-refractivity contribution >= 4 is 15.9 Å². The molecule has 154 valence electrons. The van der Waals surface area contributed by atoms with Crippen molar-refractivity contribution in [3.05, 3.63) is 89.2 Å². The third-order valence-corrected chi connectivity index (χ3v) is 6.59. The Morgan fingerprint density at radius 2 is 1.63 bits per heavy atom. The van der Waals surface area contributed by atoms with Crippen LogP contribution in [0.1, 0.15) is 16.7 Å². The lowest BCUT2D eigenvalue weighted by Gasteiger charge is -2.16.